The van der Waals surface area contributed by atoms with Crippen LogP contribution in [-0.2, 0) is 0 Å². The molecule has 0 saturated heterocycles. The fourth-order valence-electron chi connectivity index (χ4n) is 1.06. The second-order valence-electron chi connectivity index (χ2n) is 3.43. The molecule has 0 N–H and O–H groups in total. The first-order chi connectivity index (χ1) is 4.67. The van der Waals surface area contributed by atoms with Gasteiger partial charge >= 0.3 is 0 Å². The summed E-state index contributed by atoms with van der Waals surface area (Å²) in [5.41, 5.74) is 1.72. The van der Waals surface area contributed by atoms with Gasteiger partial charge in [0.15, 0.2) is 0 Å². The van der Waals surface area contributed by atoms with Crippen LogP contribution in [0.1, 0.15) is 33.6 Å². The van der Waals surface area contributed by atoms with Gasteiger partial charge in [-0.25, -0.2) is 0 Å². The van der Waals surface area contributed by atoms with Crippen molar-refractivity contribution in [3.8, 4) is 0 Å². The summed E-state index contributed by atoms with van der Waals surface area (Å²) in [6.07, 6.45) is 9.93. The van der Waals surface area contributed by atoms with Gasteiger partial charge in [0.2, 0.25) is 0 Å². The van der Waals surface area contributed by atoms with Crippen molar-refractivity contribution >= 4 is 0 Å². The summed E-state index contributed by atoms with van der Waals surface area (Å²) in [6.45, 7) is 6.76. The second kappa shape index (κ2) is 2.61. The zero-order chi connectivity index (χ0) is 7.61. The second-order valence-corrected chi connectivity index (χ2v) is 3.43. The monoisotopic (exact) mass is 135 g/mol. The summed E-state index contributed by atoms with van der Waals surface area (Å²) >= 11 is 0. The van der Waals surface area contributed by atoms with Gasteiger partial charge in [-0.2, -0.15) is 0 Å². The highest BCUT2D eigenvalue weighted by atomic mass is 14.2. The third-order valence-electron chi connectivity index (χ3n) is 2.31. The zero-order valence-corrected chi connectivity index (χ0v) is 7.07. The first kappa shape index (κ1) is 7.59. The molecule has 0 aliphatic heterocycles. The molecular weight excluding hydrogens is 120 g/mol. The molecule has 1 aliphatic rings. The molecule has 0 heteroatoms. The SMILES string of the molecule is CCC(C)(C)C1=[C]CC=C1. The fourth-order valence-corrected chi connectivity index (χ4v) is 1.06. The van der Waals surface area contributed by atoms with Crippen molar-refractivity contribution in [1.29, 1.82) is 0 Å². The number of hydrogen-bond acceptors (Lipinski definition) is 0. The third kappa shape index (κ3) is 1.31. The summed E-state index contributed by atoms with van der Waals surface area (Å²) in [4.78, 5) is 0. The molecule has 0 spiro atoms. The highest BCUT2D eigenvalue weighted by Crippen LogP contribution is 2.32. The van der Waals surface area contributed by atoms with E-state index in [2.05, 4.69) is 39.0 Å². The van der Waals surface area contributed by atoms with Gasteiger partial charge in [-0.05, 0) is 29.9 Å². The Morgan fingerprint density at radius 2 is 2.30 bits per heavy atom. The van der Waals surface area contributed by atoms with Crippen LogP contribution in [0.3, 0.4) is 0 Å². The molecule has 1 aliphatic carbocycles. The largest absolute Gasteiger partial charge is 0.0798 e. The van der Waals surface area contributed by atoms with Crippen LogP contribution >= 0.6 is 0 Å². The van der Waals surface area contributed by atoms with E-state index in [1.54, 1.807) is 0 Å². The predicted molar refractivity (Wildman–Crippen MR) is 44.6 cm³/mol. The molecule has 0 aromatic heterocycles. The Hall–Kier alpha value is -0.520. The van der Waals surface area contributed by atoms with Crippen LogP contribution < -0.4 is 0 Å². The van der Waals surface area contributed by atoms with Gasteiger partial charge in [-0.3, -0.25) is 0 Å². The lowest BCUT2D eigenvalue weighted by atomic mass is 9.82. The third-order valence-corrected chi connectivity index (χ3v) is 2.31. The molecule has 0 heterocycles. The van der Waals surface area contributed by atoms with E-state index in [0.29, 0.717) is 5.41 Å². The quantitative estimate of drug-likeness (QED) is 0.545. The van der Waals surface area contributed by atoms with E-state index in [1.165, 1.54) is 12.0 Å². The lowest BCUT2D eigenvalue weighted by Gasteiger charge is -2.22. The number of allylic oxidation sites excluding steroid dienone is 4. The van der Waals surface area contributed by atoms with Crippen molar-refractivity contribution < 1.29 is 0 Å². The van der Waals surface area contributed by atoms with Crippen molar-refractivity contribution in [2.75, 3.05) is 0 Å². The molecule has 0 aromatic rings. The molecule has 1 rings (SSSR count). The van der Waals surface area contributed by atoms with Gasteiger partial charge in [0.25, 0.3) is 0 Å². The average molecular weight is 135 g/mol. The minimum absolute atomic E-state index is 0.340. The van der Waals surface area contributed by atoms with Gasteiger partial charge in [-0.15, -0.1) is 0 Å². The van der Waals surface area contributed by atoms with Gasteiger partial charge in [0, 0.05) is 0 Å². The molecule has 0 nitrogen and oxygen atoms in total. The van der Waals surface area contributed by atoms with E-state index in [1.807, 2.05) is 0 Å². The molecule has 55 valence electrons. The maximum absolute atomic E-state index is 3.35. The molecule has 0 amide bonds. The number of rotatable bonds is 2. The molecule has 0 atom stereocenters. The van der Waals surface area contributed by atoms with E-state index in [0.717, 1.165) is 6.42 Å². The highest BCUT2D eigenvalue weighted by Gasteiger charge is 2.19. The summed E-state index contributed by atoms with van der Waals surface area (Å²) < 4.78 is 0. The molecular formula is C10H15. The zero-order valence-electron chi connectivity index (χ0n) is 7.07. The van der Waals surface area contributed by atoms with Crippen LogP contribution in [0.25, 0.3) is 0 Å². The van der Waals surface area contributed by atoms with E-state index in [-0.39, 0.29) is 0 Å². The van der Waals surface area contributed by atoms with Gasteiger partial charge in [-0.1, -0.05) is 32.9 Å². The van der Waals surface area contributed by atoms with E-state index < -0.39 is 0 Å². The molecule has 0 unspecified atom stereocenters. The standard InChI is InChI=1S/C10H15/c1-4-10(2,3)9-7-5-6-8-9/h5,7H,4,6H2,1-3H3. The van der Waals surface area contributed by atoms with Crippen LogP contribution in [0.5, 0.6) is 0 Å². The van der Waals surface area contributed by atoms with Crippen molar-refractivity contribution in [2.45, 2.75) is 33.6 Å². The molecule has 0 saturated carbocycles. The van der Waals surface area contributed by atoms with Gasteiger partial charge in [0.1, 0.15) is 0 Å². The maximum Gasteiger partial charge on any atom is -0.00883 e. The van der Waals surface area contributed by atoms with Crippen molar-refractivity contribution in [1.82, 2.24) is 0 Å². The lowest BCUT2D eigenvalue weighted by molar-refractivity contribution is 0.439. The molecule has 10 heavy (non-hydrogen) atoms. The van der Waals surface area contributed by atoms with Crippen LogP contribution in [0.4, 0.5) is 0 Å². The maximum atomic E-state index is 3.35. The highest BCUT2D eigenvalue weighted by molar-refractivity contribution is 5.27. The normalized spacial score (nSPS) is 17.7. The van der Waals surface area contributed by atoms with Crippen LogP contribution in [0.15, 0.2) is 17.7 Å². The van der Waals surface area contributed by atoms with Crippen LogP contribution in [0.2, 0.25) is 0 Å². The van der Waals surface area contributed by atoms with Crippen molar-refractivity contribution in [3.05, 3.63) is 23.8 Å². The minimum Gasteiger partial charge on any atom is -0.0798 e. The summed E-state index contributed by atoms with van der Waals surface area (Å²) in [7, 11) is 0. The Morgan fingerprint density at radius 3 is 2.70 bits per heavy atom. The molecule has 0 bridgehead atoms. The predicted octanol–water partition coefficient (Wildman–Crippen LogP) is 3.11. The molecule has 1 radical (unpaired) electrons. The van der Waals surface area contributed by atoms with Gasteiger partial charge in [0.05, 0.1) is 0 Å². The van der Waals surface area contributed by atoms with Crippen LogP contribution in [0, 0.1) is 11.5 Å². The Labute approximate surface area is 63.6 Å². The minimum atomic E-state index is 0.340. The Bertz CT molecular complexity index is 170. The average Bonchev–Trinajstić information content (AvgIpc) is 2.38. The Morgan fingerprint density at radius 1 is 1.60 bits per heavy atom. The lowest BCUT2D eigenvalue weighted by Crippen LogP contribution is -2.10. The van der Waals surface area contributed by atoms with Gasteiger partial charge < -0.3 is 0 Å². The first-order valence-electron chi connectivity index (χ1n) is 3.94. The van der Waals surface area contributed by atoms with E-state index >= 15 is 0 Å². The van der Waals surface area contributed by atoms with Crippen molar-refractivity contribution in [2.24, 2.45) is 5.41 Å². The first-order valence-corrected chi connectivity index (χ1v) is 3.94. The molecule has 0 aromatic carbocycles. The summed E-state index contributed by atoms with van der Waals surface area (Å²) in [5, 5.41) is 0. The summed E-state index contributed by atoms with van der Waals surface area (Å²) in [6, 6.07) is 0. The van der Waals surface area contributed by atoms with Crippen molar-refractivity contribution in [3.63, 3.8) is 0 Å². The number of hydrogen-bond donors (Lipinski definition) is 0. The molecule has 0 fully saturated rings. The fraction of sp³-hybridized carbons (Fsp3) is 0.600. The van der Waals surface area contributed by atoms with E-state index in [9.17, 15) is 0 Å². The van der Waals surface area contributed by atoms with Crippen LogP contribution in [-0.4, -0.2) is 0 Å². The van der Waals surface area contributed by atoms with E-state index in [4.69, 9.17) is 0 Å². The summed E-state index contributed by atoms with van der Waals surface area (Å²) in [5.74, 6) is 0. The smallest absolute Gasteiger partial charge is 0.00883 e. The topological polar surface area (TPSA) is 0 Å². The Kier molecular flexibility index (Phi) is 1.98. The Balaban J connectivity index is 2.72.